The van der Waals surface area contributed by atoms with E-state index in [2.05, 4.69) is 24.3 Å². The minimum absolute atomic E-state index is 0.0399. The van der Waals surface area contributed by atoms with E-state index in [0.29, 0.717) is 88.4 Å². The Morgan fingerprint density at radius 3 is 1.50 bits per heavy atom. The Hall–Kier alpha value is -6.53. The molecule has 0 radical (unpaired) electrons. The molecular weight excluding hydrogens is 711 g/mol. The number of fused-ring (bicyclic) bond motifs is 6. The van der Waals surface area contributed by atoms with Crippen molar-refractivity contribution >= 4 is 35.6 Å². The van der Waals surface area contributed by atoms with E-state index in [4.69, 9.17) is 33.9 Å². The minimum atomic E-state index is -0.219. The van der Waals surface area contributed by atoms with Gasteiger partial charge in [0.05, 0.1) is 66.8 Å². The molecule has 0 fully saturated rings. The molecule has 9 rings (SSSR count). The topological polar surface area (TPSA) is 135 Å². The minimum Gasteiger partial charge on any atom is -0.493 e. The molecular formula is C44H39N5O7. The first-order valence-corrected chi connectivity index (χ1v) is 18.5. The number of aliphatic imine (C=N–C) groups is 2. The van der Waals surface area contributed by atoms with Crippen LogP contribution in [0.4, 0.5) is 11.4 Å². The number of rotatable bonds is 9. The van der Waals surface area contributed by atoms with Crippen molar-refractivity contribution in [3.63, 3.8) is 0 Å². The van der Waals surface area contributed by atoms with Crippen LogP contribution in [-0.2, 0) is 45.8 Å². The Balaban J connectivity index is 0.925. The number of ether oxygens (including phenoxy) is 4. The summed E-state index contributed by atoms with van der Waals surface area (Å²) in [5.41, 5.74) is 8.29. The molecule has 1 unspecified atom stereocenters. The molecule has 12 heteroatoms. The predicted octanol–water partition coefficient (Wildman–Crippen LogP) is 6.32. The third-order valence-electron chi connectivity index (χ3n) is 10.8. The summed E-state index contributed by atoms with van der Waals surface area (Å²) in [6.45, 7) is 0.874. The van der Waals surface area contributed by atoms with Crippen LogP contribution in [0, 0.1) is 0 Å². The Morgan fingerprint density at radius 2 is 1.07 bits per heavy atom. The second-order valence-corrected chi connectivity index (χ2v) is 14.2. The molecule has 56 heavy (non-hydrogen) atoms. The number of hydrogen-bond donors (Lipinski definition) is 1. The fourth-order valence-corrected chi connectivity index (χ4v) is 7.91. The summed E-state index contributed by atoms with van der Waals surface area (Å²) in [5, 5.41) is 10.1. The van der Waals surface area contributed by atoms with Crippen LogP contribution in [0.15, 0.2) is 94.9 Å². The van der Waals surface area contributed by atoms with Crippen molar-refractivity contribution in [2.24, 2.45) is 9.98 Å². The van der Waals surface area contributed by atoms with Crippen LogP contribution in [0.3, 0.4) is 0 Å². The highest BCUT2D eigenvalue weighted by Crippen LogP contribution is 2.40. The molecule has 0 saturated carbocycles. The molecule has 4 aliphatic rings. The average molecular weight is 750 g/mol. The number of benzene rings is 4. The Morgan fingerprint density at radius 1 is 0.625 bits per heavy atom. The van der Waals surface area contributed by atoms with Gasteiger partial charge in [0.15, 0.2) is 23.0 Å². The molecule has 4 aromatic carbocycles. The van der Waals surface area contributed by atoms with E-state index in [1.54, 1.807) is 36.4 Å². The molecule has 0 bridgehead atoms. The Labute approximate surface area is 323 Å². The van der Waals surface area contributed by atoms with Gasteiger partial charge in [-0.25, -0.2) is 0 Å². The number of aromatic nitrogens is 1. The van der Waals surface area contributed by atoms with E-state index in [1.165, 1.54) is 25.3 Å². The van der Waals surface area contributed by atoms with Crippen molar-refractivity contribution in [3.8, 4) is 23.0 Å². The molecule has 4 aliphatic heterocycles. The maximum Gasteiger partial charge on any atom is 0.257 e. The quantitative estimate of drug-likeness (QED) is 0.185. The summed E-state index contributed by atoms with van der Waals surface area (Å²) in [5.74, 6) is 1.35. The lowest BCUT2D eigenvalue weighted by molar-refractivity contribution is 0.0696. The molecule has 0 aliphatic carbocycles. The first-order chi connectivity index (χ1) is 27.4. The second kappa shape index (κ2) is 14.6. The summed E-state index contributed by atoms with van der Waals surface area (Å²) in [4.78, 5) is 45.6. The molecule has 0 spiro atoms. The molecule has 1 N–H and O–H groups in total. The third kappa shape index (κ3) is 6.51. The van der Waals surface area contributed by atoms with Crippen LogP contribution in [0.25, 0.3) is 0 Å². The van der Waals surface area contributed by atoms with Gasteiger partial charge in [-0.1, -0.05) is 48.5 Å². The SMILES string of the molecule is COc1cc2c(cc1OCc1cc(CO)cc(COc3cc4c(cc3OC)C(=O)N3Cc5ccccc5C[C@H]3C=N4)n1)N=CC1Cc3ccccc3CN1C2=O. The number of nitrogens with zero attached hydrogens (tertiary/aromatic N) is 5. The van der Waals surface area contributed by atoms with Crippen molar-refractivity contribution in [1.82, 2.24) is 14.8 Å². The highest BCUT2D eigenvalue weighted by molar-refractivity contribution is 6.04. The van der Waals surface area contributed by atoms with Crippen LogP contribution in [0.1, 0.15) is 59.9 Å². The van der Waals surface area contributed by atoms with Crippen molar-refractivity contribution < 1.29 is 33.6 Å². The van der Waals surface area contributed by atoms with Gasteiger partial charge in [0.1, 0.15) is 13.2 Å². The second-order valence-electron chi connectivity index (χ2n) is 14.2. The van der Waals surface area contributed by atoms with Crippen LogP contribution in [0.2, 0.25) is 0 Å². The average Bonchev–Trinajstić information content (AvgIpc) is 3.45. The molecule has 2 amide bonds. The zero-order valence-electron chi connectivity index (χ0n) is 31.0. The van der Waals surface area contributed by atoms with Crippen molar-refractivity contribution in [1.29, 1.82) is 0 Å². The number of hydrogen-bond acceptors (Lipinski definition) is 10. The first kappa shape index (κ1) is 35.2. The van der Waals surface area contributed by atoms with E-state index >= 15 is 0 Å². The van der Waals surface area contributed by atoms with Crippen molar-refractivity contribution in [3.05, 3.63) is 135 Å². The van der Waals surface area contributed by atoms with Crippen molar-refractivity contribution in [2.45, 2.75) is 57.8 Å². The maximum atomic E-state index is 13.8. The lowest BCUT2D eigenvalue weighted by atomic mass is 9.94. The lowest BCUT2D eigenvalue weighted by Crippen LogP contribution is -2.44. The third-order valence-corrected chi connectivity index (χ3v) is 10.8. The van der Waals surface area contributed by atoms with Gasteiger partial charge in [0.25, 0.3) is 11.8 Å². The highest BCUT2D eigenvalue weighted by Gasteiger charge is 2.35. The molecule has 2 atom stereocenters. The predicted molar refractivity (Wildman–Crippen MR) is 209 cm³/mol. The molecule has 12 nitrogen and oxygen atoms in total. The fourth-order valence-electron chi connectivity index (χ4n) is 7.91. The van der Waals surface area contributed by atoms with Gasteiger partial charge in [0, 0.05) is 37.7 Å². The molecule has 282 valence electrons. The normalized spacial score (nSPS) is 17.7. The van der Waals surface area contributed by atoms with Gasteiger partial charge in [-0.3, -0.25) is 24.6 Å². The smallest absolute Gasteiger partial charge is 0.257 e. The van der Waals surface area contributed by atoms with E-state index in [0.717, 1.165) is 11.1 Å². The maximum absolute atomic E-state index is 13.8. The van der Waals surface area contributed by atoms with Crippen molar-refractivity contribution in [2.75, 3.05) is 14.2 Å². The zero-order chi connectivity index (χ0) is 38.3. The van der Waals surface area contributed by atoms with Gasteiger partial charge in [-0.15, -0.1) is 0 Å². The van der Waals surface area contributed by atoms with E-state index in [9.17, 15) is 14.7 Å². The zero-order valence-corrected chi connectivity index (χ0v) is 31.0. The molecule has 5 heterocycles. The summed E-state index contributed by atoms with van der Waals surface area (Å²) in [6, 6.07) is 26.3. The molecule has 1 aromatic heterocycles. The Kier molecular flexibility index (Phi) is 9.18. The number of aliphatic hydroxyl groups excluding tert-OH is 1. The van der Waals surface area contributed by atoms with Gasteiger partial charge >= 0.3 is 0 Å². The van der Waals surface area contributed by atoms with Gasteiger partial charge in [0.2, 0.25) is 0 Å². The number of amides is 2. The molecule has 5 aromatic rings. The van der Waals surface area contributed by atoms with Gasteiger partial charge in [-0.2, -0.15) is 0 Å². The van der Waals surface area contributed by atoms with Gasteiger partial charge in [-0.05, 0) is 64.9 Å². The van der Waals surface area contributed by atoms with Crippen LogP contribution >= 0.6 is 0 Å². The Bertz CT molecular complexity index is 2280. The first-order valence-electron chi connectivity index (χ1n) is 18.5. The van der Waals surface area contributed by atoms with Gasteiger partial charge < -0.3 is 33.9 Å². The molecule has 0 saturated heterocycles. The summed E-state index contributed by atoms with van der Waals surface area (Å²) in [7, 11) is 3.06. The largest absolute Gasteiger partial charge is 0.493 e. The number of pyridine rings is 1. The number of carbonyl (C=O) groups excluding carboxylic acids is 2. The summed E-state index contributed by atoms with van der Waals surface area (Å²) < 4.78 is 23.9. The van der Waals surface area contributed by atoms with Crippen LogP contribution in [0.5, 0.6) is 23.0 Å². The van der Waals surface area contributed by atoms with E-state index < -0.39 is 0 Å². The van der Waals surface area contributed by atoms with E-state index in [-0.39, 0.29) is 43.7 Å². The number of carbonyl (C=O) groups is 2. The standard InChI is InChI=1S/C44H39N5O7/c1-53-39-15-35-37(45-19-33-13-27-7-3-5-9-29(27)21-48(33)43(35)51)17-41(39)55-24-31-11-26(23-50)12-32(47-31)25-56-42-18-38-36(16-40(42)54-2)44(52)49-22-30-10-6-4-8-28(30)14-34(49)20-46-38/h3-12,15-20,33-34,50H,13-14,21-25H2,1-2H3/t33-,34?/m0/s1. The van der Waals surface area contributed by atoms with Crippen LogP contribution < -0.4 is 18.9 Å². The number of aliphatic hydroxyl groups is 1. The summed E-state index contributed by atoms with van der Waals surface area (Å²) >= 11 is 0. The lowest BCUT2D eigenvalue weighted by Gasteiger charge is -2.34. The fraction of sp³-hybridized carbons (Fsp3) is 0.250. The van der Waals surface area contributed by atoms with E-state index in [1.807, 2.05) is 46.5 Å². The highest BCUT2D eigenvalue weighted by atomic mass is 16.5. The van der Waals surface area contributed by atoms with Crippen LogP contribution in [-0.4, -0.2) is 70.4 Å². The number of methoxy groups -OCH3 is 2. The monoisotopic (exact) mass is 749 g/mol. The summed E-state index contributed by atoms with van der Waals surface area (Å²) in [6.07, 6.45) is 5.06.